The van der Waals surface area contributed by atoms with Gasteiger partial charge in [0.05, 0.1) is 7.11 Å². The normalized spacial score (nSPS) is 12.6. The summed E-state index contributed by atoms with van der Waals surface area (Å²) in [6.07, 6.45) is 0.979. The van der Waals surface area contributed by atoms with Gasteiger partial charge >= 0.3 is 0 Å². The standard InChI is InChI=1S/C13H20BrNO/c1-8(5-6-15)12-10(3)11(14)7-9(2)13(12)16-4/h7-8H,5-6,15H2,1-4H3. The largest absolute Gasteiger partial charge is 0.496 e. The Kier molecular flexibility index (Phi) is 4.81. The minimum atomic E-state index is 0.427. The molecule has 1 aromatic carbocycles. The molecule has 0 aromatic heterocycles. The average Bonchev–Trinajstić information content (AvgIpc) is 2.23. The Morgan fingerprint density at radius 1 is 1.44 bits per heavy atom. The van der Waals surface area contributed by atoms with Crippen LogP contribution in [0.25, 0.3) is 0 Å². The van der Waals surface area contributed by atoms with Crippen molar-refractivity contribution in [1.29, 1.82) is 0 Å². The maximum absolute atomic E-state index is 5.63. The fourth-order valence-electron chi connectivity index (χ4n) is 2.13. The van der Waals surface area contributed by atoms with E-state index in [2.05, 4.69) is 42.8 Å². The van der Waals surface area contributed by atoms with E-state index in [1.807, 2.05) is 0 Å². The summed E-state index contributed by atoms with van der Waals surface area (Å²) in [5.74, 6) is 1.43. The number of halogens is 1. The molecule has 1 atom stereocenters. The molecule has 0 aliphatic rings. The number of hydrogen-bond acceptors (Lipinski definition) is 2. The van der Waals surface area contributed by atoms with E-state index >= 15 is 0 Å². The second kappa shape index (κ2) is 5.69. The number of hydrogen-bond donors (Lipinski definition) is 1. The van der Waals surface area contributed by atoms with Crippen LogP contribution in [0.2, 0.25) is 0 Å². The molecule has 0 aliphatic heterocycles. The summed E-state index contributed by atoms with van der Waals surface area (Å²) in [6.45, 7) is 7.09. The lowest BCUT2D eigenvalue weighted by Gasteiger charge is -2.20. The van der Waals surface area contributed by atoms with E-state index < -0.39 is 0 Å². The van der Waals surface area contributed by atoms with E-state index in [9.17, 15) is 0 Å². The van der Waals surface area contributed by atoms with Crippen molar-refractivity contribution in [2.75, 3.05) is 13.7 Å². The molecule has 0 radical (unpaired) electrons. The molecule has 2 nitrogen and oxygen atoms in total. The second-order valence-corrected chi connectivity index (χ2v) is 5.08. The van der Waals surface area contributed by atoms with Gasteiger partial charge in [-0.15, -0.1) is 0 Å². The molecule has 90 valence electrons. The van der Waals surface area contributed by atoms with Gasteiger partial charge in [-0.1, -0.05) is 22.9 Å². The number of benzene rings is 1. The highest BCUT2D eigenvalue weighted by molar-refractivity contribution is 9.10. The molecule has 0 spiro atoms. The average molecular weight is 286 g/mol. The monoisotopic (exact) mass is 285 g/mol. The van der Waals surface area contributed by atoms with Gasteiger partial charge in [0.2, 0.25) is 0 Å². The molecule has 2 N–H and O–H groups in total. The van der Waals surface area contributed by atoms with Gasteiger partial charge in [0.25, 0.3) is 0 Å². The van der Waals surface area contributed by atoms with Crippen LogP contribution in [0.3, 0.4) is 0 Å². The highest BCUT2D eigenvalue weighted by atomic mass is 79.9. The van der Waals surface area contributed by atoms with Gasteiger partial charge in [0, 0.05) is 10.0 Å². The molecule has 3 heteroatoms. The lowest BCUT2D eigenvalue weighted by molar-refractivity contribution is 0.401. The molecule has 0 saturated heterocycles. The van der Waals surface area contributed by atoms with Crippen molar-refractivity contribution in [3.8, 4) is 5.75 Å². The summed E-state index contributed by atoms with van der Waals surface area (Å²) < 4.78 is 6.66. The Bertz CT molecular complexity index is 377. The third-order valence-electron chi connectivity index (χ3n) is 3.00. The van der Waals surface area contributed by atoms with Crippen LogP contribution in [0.15, 0.2) is 10.5 Å². The molecule has 0 saturated carbocycles. The van der Waals surface area contributed by atoms with Crippen molar-refractivity contribution in [1.82, 2.24) is 0 Å². The highest BCUT2D eigenvalue weighted by Crippen LogP contribution is 2.38. The van der Waals surface area contributed by atoms with Crippen LogP contribution in [0.5, 0.6) is 5.75 Å². The minimum Gasteiger partial charge on any atom is -0.496 e. The third kappa shape index (κ3) is 2.58. The fraction of sp³-hybridized carbons (Fsp3) is 0.538. The van der Waals surface area contributed by atoms with E-state index in [0.29, 0.717) is 12.5 Å². The first-order chi connectivity index (χ1) is 7.52. The summed E-state index contributed by atoms with van der Waals surface area (Å²) >= 11 is 3.59. The zero-order valence-corrected chi connectivity index (χ0v) is 12.0. The van der Waals surface area contributed by atoms with E-state index in [-0.39, 0.29) is 0 Å². The molecule has 16 heavy (non-hydrogen) atoms. The Labute approximate surface area is 106 Å². The van der Waals surface area contributed by atoms with Crippen molar-refractivity contribution in [3.05, 3.63) is 27.2 Å². The number of methoxy groups -OCH3 is 1. The van der Waals surface area contributed by atoms with Crippen LogP contribution in [0.1, 0.15) is 36.0 Å². The third-order valence-corrected chi connectivity index (χ3v) is 3.83. The van der Waals surface area contributed by atoms with Crippen LogP contribution in [0.4, 0.5) is 0 Å². The maximum Gasteiger partial charge on any atom is 0.125 e. The molecule has 0 heterocycles. The SMILES string of the molecule is COc1c(C)cc(Br)c(C)c1C(C)CCN. The topological polar surface area (TPSA) is 35.2 Å². The summed E-state index contributed by atoms with van der Waals surface area (Å²) in [5, 5.41) is 0. The second-order valence-electron chi connectivity index (χ2n) is 4.23. The van der Waals surface area contributed by atoms with Gasteiger partial charge < -0.3 is 10.5 Å². The highest BCUT2D eigenvalue weighted by Gasteiger charge is 2.17. The lowest BCUT2D eigenvalue weighted by Crippen LogP contribution is -2.08. The number of ether oxygens (including phenoxy) is 1. The molecule has 1 unspecified atom stereocenters. The minimum absolute atomic E-state index is 0.427. The van der Waals surface area contributed by atoms with E-state index in [1.165, 1.54) is 16.7 Å². The van der Waals surface area contributed by atoms with Gasteiger partial charge in [-0.05, 0) is 49.9 Å². The smallest absolute Gasteiger partial charge is 0.125 e. The first kappa shape index (κ1) is 13.5. The number of nitrogens with two attached hydrogens (primary N) is 1. The molecule has 0 fully saturated rings. The van der Waals surface area contributed by atoms with Crippen LogP contribution >= 0.6 is 15.9 Å². The van der Waals surface area contributed by atoms with E-state index in [1.54, 1.807) is 7.11 Å². The van der Waals surface area contributed by atoms with Gasteiger partial charge in [-0.2, -0.15) is 0 Å². The van der Waals surface area contributed by atoms with Crippen molar-refractivity contribution in [2.24, 2.45) is 5.73 Å². The molecule has 1 rings (SSSR count). The Morgan fingerprint density at radius 2 is 2.06 bits per heavy atom. The summed E-state index contributed by atoms with van der Waals surface area (Å²) in [4.78, 5) is 0. The molecule has 1 aromatic rings. The Hall–Kier alpha value is -0.540. The van der Waals surface area contributed by atoms with Gasteiger partial charge in [0.15, 0.2) is 0 Å². The molecule has 0 aliphatic carbocycles. The van der Waals surface area contributed by atoms with E-state index in [0.717, 1.165) is 16.6 Å². The molecular formula is C13H20BrNO. The van der Waals surface area contributed by atoms with Crippen LogP contribution in [-0.2, 0) is 0 Å². The maximum atomic E-state index is 5.63. The zero-order chi connectivity index (χ0) is 12.3. The Balaban J connectivity index is 3.32. The summed E-state index contributed by atoms with van der Waals surface area (Å²) in [5.41, 5.74) is 9.33. The molecular weight excluding hydrogens is 266 g/mol. The number of rotatable bonds is 4. The quantitative estimate of drug-likeness (QED) is 0.919. The summed E-state index contributed by atoms with van der Waals surface area (Å²) in [6, 6.07) is 2.10. The van der Waals surface area contributed by atoms with Crippen LogP contribution in [-0.4, -0.2) is 13.7 Å². The Morgan fingerprint density at radius 3 is 2.56 bits per heavy atom. The van der Waals surface area contributed by atoms with Crippen LogP contribution < -0.4 is 10.5 Å². The fourth-order valence-corrected chi connectivity index (χ4v) is 2.69. The van der Waals surface area contributed by atoms with Crippen molar-refractivity contribution in [2.45, 2.75) is 33.1 Å². The first-order valence-corrected chi connectivity index (χ1v) is 6.35. The van der Waals surface area contributed by atoms with Crippen LogP contribution in [0, 0.1) is 13.8 Å². The van der Waals surface area contributed by atoms with Gasteiger partial charge in [-0.3, -0.25) is 0 Å². The molecule has 0 bridgehead atoms. The van der Waals surface area contributed by atoms with E-state index in [4.69, 9.17) is 10.5 Å². The number of aryl methyl sites for hydroxylation is 1. The molecule has 0 amide bonds. The zero-order valence-electron chi connectivity index (χ0n) is 10.4. The lowest BCUT2D eigenvalue weighted by atomic mass is 9.91. The van der Waals surface area contributed by atoms with Gasteiger partial charge in [0.1, 0.15) is 5.75 Å². The van der Waals surface area contributed by atoms with Crippen molar-refractivity contribution < 1.29 is 4.74 Å². The predicted molar refractivity (Wildman–Crippen MR) is 72.3 cm³/mol. The summed E-state index contributed by atoms with van der Waals surface area (Å²) in [7, 11) is 1.73. The van der Waals surface area contributed by atoms with Crippen molar-refractivity contribution in [3.63, 3.8) is 0 Å². The predicted octanol–water partition coefficient (Wildman–Crippen LogP) is 3.53. The van der Waals surface area contributed by atoms with Gasteiger partial charge in [-0.25, -0.2) is 0 Å². The first-order valence-electron chi connectivity index (χ1n) is 5.56. The van der Waals surface area contributed by atoms with Crippen molar-refractivity contribution >= 4 is 15.9 Å².